The Morgan fingerprint density at radius 2 is 1.73 bits per heavy atom. The number of likely N-dealkylation sites (tertiary alicyclic amines) is 1. The summed E-state index contributed by atoms with van der Waals surface area (Å²) in [4.78, 5) is 35.5. The second-order valence-corrected chi connectivity index (χ2v) is 9.01. The van der Waals surface area contributed by atoms with Gasteiger partial charge in [-0.25, -0.2) is 0 Å². The molecule has 8 heteroatoms. The van der Waals surface area contributed by atoms with E-state index >= 15 is 0 Å². The molecule has 2 saturated heterocycles. The number of hydrogen-bond donors (Lipinski definition) is 2. The zero-order valence-electron chi connectivity index (χ0n) is 18.7. The Labute approximate surface area is 181 Å². The van der Waals surface area contributed by atoms with Crippen LogP contribution in [0.2, 0.25) is 0 Å². The van der Waals surface area contributed by atoms with Gasteiger partial charge in [0.15, 0.2) is 5.96 Å². The molecular weight excluding hydrogens is 380 g/mol. The van der Waals surface area contributed by atoms with E-state index in [1.165, 1.54) is 12.8 Å². The molecule has 1 aliphatic carbocycles. The molecule has 0 spiro atoms. The average molecular weight is 421 g/mol. The minimum absolute atomic E-state index is 0.214. The highest BCUT2D eigenvalue weighted by Crippen LogP contribution is 2.27. The Morgan fingerprint density at radius 1 is 1.00 bits per heavy atom. The first-order chi connectivity index (χ1) is 14.6. The summed E-state index contributed by atoms with van der Waals surface area (Å²) in [6.07, 6.45) is 7.17. The first kappa shape index (κ1) is 22.8. The Morgan fingerprint density at radius 3 is 2.40 bits per heavy atom. The lowest BCUT2D eigenvalue weighted by molar-refractivity contribution is -0.137. The molecule has 0 aromatic heterocycles. The Bertz CT molecular complexity index is 596. The van der Waals surface area contributed by atoms with Crippen LogP contribution in [-0.2, 0) is 9.59 Å². The molecule has 0 aromatic rings. The van der Waals surface area contributed by atoms with E-state index < -0.39 is 0 Å². The van der Waals surface area contributed by atoms with Crippen molar-refractivity contribution in [3.8, 4) is 0 Å². The number of nitrogens with two attached hydrogens (primary N) is 1. The van der Waals surface area contributed by atoms with Gasteiger partial charge in [-0.3, -0.25) is 19.5 Å². The smallest absolute Gasteiger partial charge is 0.225 e. The number of amides is 2. The van der Waals surface area contributed by atoms with Gasteiger partial charge in [-0.2, -0.15) is 0 Å². The van der Waals surface area contributed by atoms with Crippen molar-refractivity contribution in [1.29, 1.82) is 0 Å². The first-order valence-corrected chi connectivity index (χ1v) is 11.9. The molecule has 0 radical (unpaired) electrons. The normalized spacial score (nSPS) is 24.3. The highest BCUT2D eigenvalue weighted by molar-refractivity contribution is 5.80. The molecule has 2 amide bonds. The van der Waals surface area contributed by atoms with Crippen molar-refractivity contribution in [1.82, 2.24) is 20.0 Å². The first-order valence-electron chi connectivity index (χ1n) is 11.9. The van der Waals surface area contributed by atoms with E-state index in [0.29, 0.717) is 18.2 Å². The second-order valence-electron chi connectivity index (χ2n) is 9.01. The molecule has 1 atom stereocenters. The number of piperazine rings is 1. The largest absolute Gasteiger partial charge is 0.370 e. The minimum Gasteiger partial charge on any atom is -0.370 e. The predicted molar refractivity (Wildman–Crippen MR) is 119 cm³/mol. The molecule has 3 rings (SSSR count). The summed E-state index contributed by atoms with van der Waals surface area (Å²) in [6, 6.07) is 0. The molecule has 2 aliphatic heterocycles. The Kier molecular flexibility index (Phi) is 8.78. The molecule has 8 nitrogen and oxygen atoms in total. The third-order valence-corrected chi connectivity index (χ3v) is 6.71. The van der Waals surface area contributed by atoms with Crippen LogP contribution in [0.1, 0.15) is 51.9 Å². The number of nitrogens with one attached hydrogen (secondary N) is 1. The summed E-state index contributed by atoms with van der Waals surface area (Å²) in [7, 11) is 0. The van der Waals surface area contributed by atoms with Gasteiger partial charge >= 0.3 is 0 Å². The fourth-order valence-electron chi connectivity index (χ4n) is 5.05. The maximum absolute atomic E-state index is 12.6. The number of aliphatic imine (C=N–C) groups is 1. The fraction of sp³-hybridized carbons (Fsp3) is 0.864. The Hall–Kier alpha value is -1.83. The maximum Gasteiger partial charge on any atom is 0.225 e. The van der Waals surface area contributed by atoms with Crippen LogP contribution in [0.3, 0.4) is 0 Å². The lowest BCUT2D eigenvalue weighted by atomic mass is 9.95. The molecule has 170 valence electrons. The average Bonchev–Trinajstić information content (AvgIpc) is 3.28. The second kappa shape index (κ2) is 11.5. The van der Waals surface area contributed by atoms with Crippen LogP contribution in [0.15, 0.2) is 4.99 Å². The number of nitrogens with zero attached hydrogens (tertiary/aromatic N) is 4. The topological polar surface area (TPSA) is 94.3 Å². The van der Waals surface area contributed by atoms with Crippen molar-refractivity contribution < 1.29 is 9.59 Å². The number of carbonyl (C=O) groups excluding carboxylic acids is 2. The van der Waals surface area contributed by atoms with Gasteiger partial charge in [0, 0.05) is 64.7 Å². The van der Waals surface area contributed by atoms with E-state index in [-0.39, 0.29) is 11.8 Å². The van der Waals surface area contributed by atoms with Gasteiger partial charge in [-0.05, 0) is 38.5 Å². The van der Waals surface area contributed by atoms with Crippen LogP contribution in [0.4, 0.5) is 0 Å². The highest BCUT2D eigenvalue weighted by atomic mass is 16.2. The lowest BCUT2D eigenvalue weighted by Gasteiger charge is -2.36. The molecular formula is C22H40N6O2. The third-order valence-electron chi connectivity index (χ3n) is 6.71. The van der Waals surface area contributed by atoms with Crippen LogP contribution >= 0.6 is 0 Å². The van der Waals surface area contributed by atoms with Crippen LogP contribution in [-0.4, -0.2) is 91.4 Å². The van der Waals surface area contributed by atoms with Crippen molar-refractivity contribution >= 4 is 17.8 Å². The minimum atomic E-state index is -0.214. The summed E-state index contributed by atoms with van der Waals surface area (Å²) in [5.74, 6) is 1.73. The van der Waals surface area contributed by atoms with Gasteiger partial charge in [0.05, 0.1) is 6.54 Å². The Balaban J connectivity index is 1.43. The molecule has 2 heterocycles. The quantitative estimate of drug-likeness (QED) is 0.471. The van der Waals surface area contributed by atoms with Crippen molar-refractivity contribution in [2.75, 3.05) is 58.9 Å². The zero-order chi connectivity index (χ0) is 21.3. The van der Waals surface area contributed by atoms with E-state index in [9.17, 15) is 9.59 Å². The van der Waals surface area contributed by atoms with Gasteiger partial charge in [0.25, 0.3) is 0 Å². The molecule has 0 bridgehead atoms. The predicted octanol–water partition coefficient (Wildman–Crippen LogP) is 0.874. The molecule has 1 saturated carbocycles. The van der Waals surface area contributed by atoms with Crippen LogP contribution in [0.5, 0.6) is 0 Å². The summed E-state index contributed by atoms with van der Waals surface area (Å²) in [5.41, 5.74) is 5.40. The van der Waals surface area contributed by atoms with Gasteiger partial charge in [0.2, 0.25) is 11.8 Å². The number of rotatable bonds is 7. The molecule has 30 heavy (non-hydrogen) atoms. The number of hydrogen-bond acceptors (Lipinski definition) is 4. The SMILES string of the molecule is CCNC(=NCCN1CCN(C(=O)C2CCCC2)CC1)N1CCCC(CC(N)=O)C1. The zero-order valence-corrected chi connectivity index (χ0v) is 18.7. The third kappa shape index (κ3) is 6.59. The maximum atomic E-state index is 12.6. The number of primary amides is 1. The van der Waals surface area contributed by atoms with Crippen LogP contribution in [0, 0.1) is 11.8 Å². The highest BCUT2D eigenvalue weighted by Gasteiger charge is 2.29. The van der Waals surface area contributed by atoms with E-state index in [2.05, 4.69) is 26.9 Å². The summed E-state index contributed by atoms with van der Waals surface area (Å²) >= 11 is 0. The van der Waals surface area contributed by atoms with Crippen molar-refractivity contribution in [3.05, 3.63) is 0 Å². The fourth-order valence-corrected chi connectivity index (χ4v) is 5.05. The van der Waals surface area contributed by atoms with E-state index in [1.807, 2.05) is 0 Å². The van der Waals surface area contributed by atoms with E-state index in [1.54, 1.807) is 0 Å². The molecule has 3 N–H and O–H groups in total. The standard InChI is InChI=1S/C22H40N6O2/c1-2-24-22(28-10-5-6-18(17-28)16-20(23)29)25-9-11-26-12-14-27(15-13-26)21(30)19-7-3-4-8-19/h18-19H,2-17H2,1H3,(H2,23,29)(H,24,25). The van der Waals surface area contributed by atoms with Gasteiger partial charge in [-0.1, -0.05) is 12.8 Å². The number of guanidine groups is 1. The lowest BCUT2D eigenvalue weighted by Crippen LogP contribution is -2.51. The summed E-state index contributed by atoms with van der Waals surface area (Å²) < 4.78 is 0. The van der Waals surface area contributed by atoms with Crippen molar-refractivity contribution in [2.24, 2.45) is 22.6 Å². The number of piperidine rings is 1. The molecule has 3 aliphatic rings. The van der Waals surface area contributed by atoms with E-state index in [0.717, 1.165) is 90.5 Å². The van der Waals surface area contributed by atoms with Crippen molar-refractivity contribution in [3.63, 3.8) is 0 Å². The number of carbonyl (C=O) groups is 2. The van der Waals surface area contributed by atoms with Crippen molar-refractivity contribution in [2.45, 2.75) is 51.9 Å². The van der Waals surface area contributed by atoms with Gasteiger partial charge in [-0.15, -0.1) is 0 Å². The monoisotopic (exact) mass is 420 g/mol. The van der Waals surface area contributed by atoms with Gasteiger partial charge < -0.3 is 20.9 Å². The molecule has 0 aromatic carbocycles. The molecule has 3 fully saturated rings. The van der Waals surface area contributed by atoms with E-state index in [4.69, 9.17) is 10.7 Å². The molecule has 1 unspecified atom stereocenters. The van der Waals surface area contributed by atoms with Crippen LogP contribution in [0.25, 0.3) is 0 Å². The van der Waals surface area contributed by atoms with Gasteiger partial charge in [0.1, 0.15) is 0 Å². The van der Waals surface area contributed by atoms with Crippen LogP contribution < -0.4 is 11.1 Å². The summed E-state index contributed by atoms with van der Waals surface area (Å²) in [5, 5.41) is 3.41. The summed E-state index contributed by atoms with van der Waals surface area (Å²) in [6.45, 7) is 9.97.